The molecule has 0 unspecified atom stereocenters. The molecule has 0 saturated carbocycles. The molecule has 0 bridgehead atoms. The zero-order valence-electron chi connectivity index (χ0n) is 18.7. The molecule has 0 radical (unpaired) electrons. The Kier molecular flexibility index (Phi) is 8.06. The number of benzene rings is 2. The zero-order valence-corrected chi connectivity index (χ0v) is 19.5. The number of ether oxygens (including phenoxy) is 1. The molecule has 0 saturated heterocycles. The van der Waals surface area contributed by atoms with Gasteiger partial charge in [-0.25, -0.2) is 12.8 Å². The fraction of sp³-hybridized carbons (Fsp3) is 0.435. The highest BCUT2D eigenvalue weighted by Crippen LogP contribution is 2.26. The van der Waals surface area contributed by atoms with Crippen molar-refractivity contribution >= 4 is 21.6 Å². The summed E-state index contributed by atoms with van der Waals surface area (Å²) in [5, 5.41) is 2.69. The largest absolute Gasteiger partial charge is 0.492 e. The van der Waals surface area contributed by atoms with E-state index in [1.807, 2.05) is 24.3 Å². The number of carbonyl (C=O) groups is 1. The first-order valence-corrected chi connectivity index (χ1v) is 12.0. The molecule has 8 heteroatoms. The van der Waals surface area contributed by atoms with Gasteiger partial charge in [-0.3, -0.25) is 9.10 Å². The maximum atomic E-state index is 14.3. The van der Waals surface area contributed by atoms with Gasteiger partial charge in [0.05, 0.1) is 18.5 Å². The number of halogens is 1. The molecular formula is C23H31FN2O4S. The van der Waals surface area contributed by atoms with Crippen LogP contribution in [0.25, 0.3) is 0 Å². The summed E-state index contributed by atoms with van der Waals surface area (Å²) in [6.07, 6.45) is 1.14. The van der Waals surface area contributed by atoms with Gasteiger partial charge in [-0.05, 0) is 41.7 Å². The fourth-order valence-electron chi connectivity index (χ4n) is 3.18. The first-order valence-electron chi connectivity index (χ1n) is 10.2. The van der Waals surface area contributed by atoms with E-state index in [1.165, 1.54) is 23.8 Å². The molecule has 1 amide bonds. The molecule has 0 aliphatic rings. The second-order valence-electron chi connectivity index (χ2n) is 8.35. The highest BCUT2D eigenvalue weighted by atomic mass is 32.2. The van der Waals surface area contributed by atoms with Crippen molar-refractivity contribution in [3.05, 3.63) is 59.9 Å². The molecular weight excluding hydrogens is 419 g/mol. The number of nitrogens with one attached hydrogen (secondary N) is 1. The summed E-state index contributed by atoms with van der Waals surface area (Å²) >= 11 is 0. The highest BCUT2D eigenvalue weighted by molar-refractivity contribution is 7.92. The normalized spacial score (nSPS) is 12.8. The van der Waals surface area contributed by atoms with E-state index in [2.05, 4.69) is 26.1 Å². The first-order chi connectivity index (χ1) is 14.4. The van der Waals surface area contributed by atoms with Crippen LogP contribution in [0.15, 0.2) is 48.5 Å². The Balaban J connectivity index is 2.01. The van der Waals surface area contributed by atoms with Gasteiger partial charge in [0.15, 0.2) is 0 Å². The Morgan fingerprint density at radius 1 is 1.13 bits per heavy atom. The summed E-state index contributed by atoms with van der Waals surface area (Å²) in [5.74, 6) is -0.539. The summed E-state index contributed by atoms with van der Waals surface area (Å²) in [6.45, 7) is 8.47. The van der Waals surface area contributed by atoms with Crippen molar-refractivity contribution in [2.45, 2.75) is 45.6 Å². The van der Waals surface area contributed by atoms with E-state index >= 15 is 0 Å². The number of para-hydroxylation sites is 1. The van der Waals surface area contributed by atoms with Crippen molar-refractivity contribution in [2.75, 3.05) is 23.7 Å². The summed E-state index contributed by atoms with van der Waals surface area (Å²) in [5.41, 5.74) is 1.08. The molecule has 1 atom stereocenters. The van der Waals surface area contributed by atoms with E-state index in [9.17, 15) is 17.6 Å². The van der Waals surface area contributed by atoms with Gasteiger partial charge in [0.2, 0.25) is 15.9 Å². The van der Waals surface area contributed by atoms with Gasteiger partial charge in [-0.15, -0.1) is 0 Å². The fourth-order valence-corrected chi connectivity index (χ4v) is 4.39. The second kappa shape index (κ2) is 10.1. The predicted octanol–water partition coefficient (Wildman–Crippen LogP) is 3.86. The SMILES string of the molecule is CC[C@@H](C(=O)NCCOc1ccc(C(C)(C)C)cc1)N(c1ccccc1F)S(C)(=O)=O. The van der Waals surface area contributed by atoms with Gasteiger partial charge in [-0.1, -0.05) is 52.0 Å². The maximum Gasteiger partial charge on any atom is 0.244 e. The van der Waals surface area contributed by atoms with E-state index in [0.717, 1.165) is 16.6 Å². The van der Waals surface area contributed by atoms with Crippen LogP contribution in [0.3, 0.4) is 0 Å². The van der Waals surface area contributed by atoms with E-state index < -0.39 is 27.8 Å². The quantitative estimate of drug-likeness (QED) is 0.589. The minimum absolute atomic E-state index is 0.0470. The average molecular weight is 451 g/mol. The van der Waals surface area contributed by atoms with Crippen molar-refractivity contribution in [1.82, 2.24) is 5.32 Å². The molecule has 0 aromatic heterocycles. The number of sulfonamides is 1. The van der Waals surface area contributed by atoms with Gasteiger partial charge in [-0.2, -0.15) is 0 Å². The predicted molar refractivity (Wildman–Crippen MR) is 121 cm³/mol. The third kappa shape index (κ3) is 6.69. The monoisotopic (exact) mass is 450 g/mol. The third-order valence-corrected chi connectivity index (χ3v) is 5.98. The molecule has 31 heavy (non-hydrogen) atoms. The lowest BCUT2D eigenvalue weighted by molar-refractivity contribution is -0.122. The lowest BCUT2D eigenvalue weighted by Gasteiger charge is -2.30. The molecule has 0 aliphatic carbocycles. The molecule has 6 nitrogen and oxygen atoms in total. The molecule has 170 valence electrons. The lowest BCUT2D eigenvalue weighted by Crippen LogP contribution is -2.50. The van der Waals surface area contributed by atoms with Crippen molar-refractivity contribution in [3.8, 4) is 5.75 Å². The first kappa shape index (κ1) is 24.7. The molecule has 0 fully saturated rings. The van der Waals surface area contributed by atoms with Crippen molar-refractivity contribution in [3.63, 3.8) is 0 Å². The van der Waals surface area contributed by atoms with Gasteiger partial charge in [0.25, 0.3) is 0 Å². The Labute approximate surface area is 184 Å². The Morgan fingerprint density at radius 2 is 1.74 bits per heavy atom. The van der Waals surface area contributed by atoms with Crippen LogP contribution < -0.4 is 14.4 Å². The van der Waals surface area contributed by atoms with Crippen LogP contribution in [0.5, 0.6) is 5.75 Å². The minimum atomic E-state index is -3.89. The number of hydrogen-bond donors (Lipinski definition) is 1. The van der Waals surface area contributed by atoms with Gasteiger partial charge < -0.3 is 10.1 Å². The molecule has 2 aromatic carbocycles. The molecule has 2 rings (SSSR count). The van der Waals surface area contributed by atoms with E-state index in [0.29, 0.717) is 5.75 Å². The third-order valence-electron chi connectivity index (χ3n) is 4.81. The highest BCUT2D eigenvalue weighted by Gasteiger charge is 2.32. The second-order valence-corrected chi connectivity index (χ2v) is 10.2. The van der Waals surface area contributed by atoms with Crippen molar-refractivity contribution in [1.29, 1.82) is 0 Å². The van der Waals surface area contributed by atoms with Gasteiger partial charge in [0, 0.05) is 0 Å². The summed E-state index contributed by atoms with van der Waals surface area (Å²) in [4.78, 5) is 12.7. The van der Waals surface area contributed by atoms with Gasteiger partial charge >= 0.3 is 0 Å². The van der Waals surface area contributed by atoms with Crippen LogP contribution in [0.1, 0.15) is 39.7 Å². The van der Waals surface area contributed by atoms with Crippen LogP contribution >= 0.6 is 0 Å². The standard InChI is InChI=1S/C23H31FN2O4S/c1-6-20(26(31(5,28)29)21-10-8-7-9-19(21)24)22(27)25-15-16-30-18-13-11-17(12-14-18)23(2,3)4/h7-14,20H,6,15-16H2,1-5H3,(H,25,27)/t20-/m0/s1. The number of hydrogen-bond acceptors (Lipinski definition) is 4. The van der Waals surface area contributed by atoms with E-state index in [4.69, 9.17) is 4.74 Å². The van der Waals surface area contributed by atoms with Crippen LogP contribution in [-0.4, -0.2) is 39.8 Å². The average Bonchev–Trinajstić information content (AvgIpc) is 2.69. The topological polar surface area (TPSA) is 75.7 Å². The van der Waals surface area contributed by atoms with Crippen molar-refractivity contribution < 1.29 is 22.3 Å². The van der Waals surface area contributed by atoms with Crippen LogP contribution in [0.4, 0.5) is 10.1 Å². The zero-order chi connectivity index (χ0) is 23.2. The Hall–Kier alpha value is -2.61. The number of rotatable bonds is 9. The molecule has 1 N–H and O–H groups in total. The minimum Gasteiger partial charge on any atom is -0.492 e. The number of anilines is 1. The summed E-state index contributed by atoms with van der Waals surface area (Å²) < 4.78 is 45.5. The van der Waals surface area contributed by atoms with Gasteiger partial charge in [0.1, 0.15) is 24.2 Å². The molecule has 0 aliphatic heterocycles. The Bertz CT molecular complexity index is 985. The lowest BCUT2D eigenvalue weighted by atomic mass is 9.87. The van der Waals surface area contributed by atoms with E-state index in [1.54, 1.807) is 6.92 Å². The van der Waals surface area contributed by atoms with E-state index in [-0.39, 0.29) is 30.7 Å². The van der Waals surface area contributed by atoms with Crippen molar-refractivity contribution in [2.24, 2.45) is 0 Å². The summed E-state index contributed by atoms with van der Waals surface area (Å²) in [7, 11) is -3.89. The number of nitrogens with zero attached hydrogens (tertiary/aromatic N) is 1. The summed E-state index contributed by atoms with van der Waals surface area (Å²) in [6, 6.07) is 12.2. The maximum absolute atomic E-state index is 14.3. The Morgan fingerprint density at radius 3 is 2.26 bits per heavy atom. The van der Waals surface area contributed by atoms with Crippen LogP contribution in [-0.2, 0) is 20.2 Å². The number of carbonyl (C=O) groups excluding carboxylic acids is 1. The molecule has 0 spiro atoms. The number of amides is 1. The molecule has 2 aromatic rings. The molecule has 0 heterocycles. The smallest absolute Gasteiger partial charge is 0.244 e. The van der Waals surface area contributed by atoms with Crippen LogP contribution in [0, 0.1) is 5.82 Å². The van der Waals surface area contributed by atoms with Crippen LogP contribution in [0.2, 0.25) is 0 Å².